The Kier molecular flexibility index (Phi) is 9.08. The lowest BCUT2D eigenvalue weighted by molar-refractivity contribution is -0.141. The fourth-order valence-electron chi connectivity index (χ4n) is 5.26. The molecule has 0 aromatic heterocycles. The molecule has 1 fully saturated rings. The summed E-state index contributed by atoms with van der Waals surface area (Å²) in [5.74, 6) is 0.357. The van der Waals surface area contributed by atoms with Crippen LogP contribution in [0.2, 0.25) is 0 Å². The fraction of sp³-hybridized carbons (Fsp3) is 0.562. The van der Waals surface area contributed by atoms with Crippen LogP contribution in [0.3, 0.4) is 0 Å². The predicted octanol–water partition coefficient (Wildman–Crippen LogP) is 7.50. The third kappa shape index (κ3) is 6.22. The van der Waals surface area contributed by atoms with E-state index in [1.54, 1.807) is 0 Å². The minimum atomic E-state index is -0.740. The minimum Gasteiger partial charge on any atom is -0.491 e. The van der Waals surface area contributed by atoms with E-state index < -0.39 is 11.4 Å². The van der Waals surface area contributed by atoms with Gasteiger partial charge in [0.25, 0.3) is 0 Å². The summed E-state index contributed by atoms with van der Waals surface area (Å²) in [6.07, 6.45) is 7.41. The van der Waals surface area contributed by atoms with Crippen LogP contribution in [0, 0.1) is 13.8 Å². The molecular weight excluding hydrogens is 448 g/mol. The second-order valence-corrected chi connectivity index (χ2v) is 10.7. The van der Waals surface area contributed by atoms with Crippen LogP contribution in [-0.2, 0) is 14.9 Å². The first-order valence-corrected chi connectivity index (χ1v) is 13.6. The second-order valence-electron chi connectivity index (χ2n) is 10.7. The molecule has 1 aliphatic heterocycles. The Balaban J connectivity index is 1.84. The maximum absolute atomic E-state index is 10.7. The van der Waals surface area contributed by atoms with Gasteiger partial charge in [-0.2, -0.15) is 0 Å². The van der Waals surface area contributed by atoms with Crippen molar-refractivity contribution in [1.29, 1.82) is 0 Å². The predicted molar refractivity (Wildman–Crippen MR) is 149 cm³/mol. The quantitative estimate of drug-likeness (QED) is 0.351. The molecule has 2 aromatic rings. The summed E-state index contributed by atoms with van der Waals surface area (Å²) in [7, 11) is 0. The molecule has 0 unspecified atom stereocenters. The Labute approximate surface area is 218 Å². The van der Waals surface area contributed by atoms with Gasteiger partial charge >= 0.3 is 0 Å². The number of aryl methyl sites for hydroxylation is 2. The summed E-state index contributed by atoms with van der Waals surface area (Å²) >= 11 is 0. The second kappa shape index (κ2) is 11.5. The molecule has 3 rings (SSSR count). The van der Waals surface area contributed by atoms with Crippen molar-refractivity contribution in [1.82, 2.24) is 0 Å². The van der Waals surface area contributed by atoms with Gasteiger partial charge in [0.2, 0.25) is 0 Å². The zero-order valence-corrected chi connectivity index (χ0v) is 23.6. The highest BCUT2D eigenvalue weighted by Crippen LogP contribution is 2.41. The largest absolute Gasteiger partial charge is 0.491 e. The summed E-state index contributed by atoms with van der Waals surface area (Å²) in [6.45, 7) is 17.8. The lowest BCUT2D eigenvalue weighted by Gasteiger charge is -2.34. The summed E-state index contributed by atoms with van der Waals surface area (Å²) < 4.78 is 17.7. The van der Waals surface area contributed by atoms with Gasteiger partial charge in [-0.25, -0.2) is 0 Å². The molecule has 1 heterocycles. The number of rotatable bonds is 11. The van der Waals surface area contributed by atoms with Gasteiger partial charge in [-0.05, 0) is 87.3 Å². The number of ether oxygens (including phenoxy) is 3. The van der Waals surface area contributed by atoms with E-state index in [1.165, 1.54) is 16.7 Å². The lowest BCUT2D eigenvalue weighted by atomic mass is 9.70. The maximum Gasteiger partial charge on any atom is 0.163 e. The van der Waals surface area contributed by atoms with E-state index in [9.17, 15) is 5.11 Å². The minimum absolute atomic E-state index is 0.0503. The van der Waals surface area contributed by atoms with Crippen molar-refractivity contribution in [3.8, 4) is 5.75 Å². The Bertz CT molecular complexity index is 1040. The maximum atomic E-state index is 10.7. The van der Waals surface area contributed by atoms with E-state index >= 15 is 0 Å². The molecule has 4 nitrogen and oxygen atoms in total. The van der Waals surface area contributed by atoms with Crippen LogP contribution in [0.25, 0.3) is 6.08 Å². The molecule has 1 saturated heterocycles. The average molecular weight is 495 g/mol. The third-order valence-corrected chi connectivity index (χ3v) is 8.05. The molecule has 1 N–H and O–H groups in total. The van der Waals surface area contributed by atoms with Gasteiger partial charge in [0.1, 0.15) is 18.5 Å². The van der Waals surface area contributed by atoms with Crippen LogP contribution in [-0.4, -0.2) is 35.8 Å². The van der Waals surface area contributed by atoms with E-state index in [-0.39, 0.29) is 11.5 Å². The molecule has 0 spiro atoms. The molecule has 1 aliphatic rings. The van der Waals surface area contributed by atoms with Crippen molar-refractivity contribution < 1.29 is 19.3 Å². The van der Waals surface area contributed by atoms with E-state index in [0.717, 1.165) is 29.7 Å². The van der Waals surface area contributed by atoms with Gasteiger partial charge in [0, 0.05) is 5.41 Å². The standard InChI is InChI=1S/C32H46O4/c1-9-31(33,10-2)18-17-25-13-14-26(19-23(25)5)32(11-3,12-4)27-15-16-29(24(6)20-27)34-21-28-22-35-30(7,8)36-28/h13-20,28,33H,9-12,21-22H2,1-8H3/t28-/m1/s1. The van der Waals surface area contributed by atoms with Gasteiger partial charge in [0.05, 0.1) is 12.2 Å². The number of hydrogen-bond donors (Lipinski definition) is 1. The molecule has 0 saturated carbocycles. The highest BCUT2D eigenvalue weighted by Gasteiger charge is 2.34. The van der Waals surface area contributed by atoms with Crippen molar-refractivity contribution >= 4 is 6.08 Å². The zero-order chi connectivity index (χ0) is 26.6. The van der Waals surface area contributed by atoms with Crippen molar-refractivity contribution in [3.05, 3.63) is 70.3 Å². The van der Waals surface area contributed by atoms with Gasteiger partial charge in [-0.3, -0.25) is 0 Å². The Morgan fingerprint density at radius 3 is 2.06 bits per heavy atom. The van der Waals surface area contributed by atoms with E-state index in [2.05, 4.69) is 70.2 Å². The van der Waals surface area contributed by atoms with Crippen LogP contribution >= 0.6 is 0 Å². The SMILES string of the molecule is CCC(O)(C=Cc1ccc(C(CC)(CC)c2ccc(OC[C@@H]3COC(C)(C)O3)c(C)c2)cc1C)CC. The summed E-state index contributed by atoms with van der Waals surface area (Å²) in [5.41, 5.74) is 5.34. The van der Waals surface area contributed by atoms with E-state index in [4.69, 9.17) is 14.2 Å². The molecule has 36 heavy (non-hydrogen) atoms. The topological polar surface area (TPSA) is 47.9 Å². The van der Waals surface area contributed by atoms with Gasteiger partial charge in [-0.1, -0.05) is 70.2 Å². The van der Waals surface area contributed by atoms with Crippen LogP contribution in [0.4, 0.5) is 0 Å². The number of aliphatic hydroxyl groups is 1. The molecule has 0 radical (unpaired) electrons. The summed E-state index contributed by atoms with van der Waals surface area (Å²) in [5, 5.41) is 10.7. The zero-order valence-electron chi connectivity index (χ0n) is 23.6. The highest BCUT2D eigenvalue weighted by molar-refractivity contribution is 5.57. The first-order valence-electron chi connectivity index (χ1n) is 13.6. The lowest BCUT2D eigenvalue weighted by Crippen LogP contribution is -2.27. The van der Waals surface area contributed by atoms with Crippen LogP contribution < -0.4 is 4.74 Å². The first kappa shape index (κ1) is 28.4. The first-order chi connectivity index (χ1) is 17.0. The Morgan fingerprint density at radius 2 is 1.56 bits per heavy atom. The number of hydrogen-bond acceptors (Lipinski definition) is 4. The van der Waals surface area contributed by atoms with E-state index in [1.807, 2.05) is 33.8 Å². The number of benzene rings is 2. The van der Waals surface area contributed by atoms with Gasteiger partial charge in [-0.15, -0.1) is 0 Å². The van der Waals surface area contributed by atoms with Crippen LogP contribution in [0.1, 0.15) is 95.0 Å². The normalized spacial score (nSPS) is 18.2. The summed E-state index contributed by atoms with van der Waals surface area (Å²) in [4.78, 5) is 0. The molecule has 0 bridgehead atoms. The average Bonchev–Trinajstić information content (AvgIpc) is 3.22. The van der Waals surface area contributed by atoms with Gasteiger partial charge < -0.3 is 19.3 Å². The molecule has 0 aliphatic carbocycles. The smallest absolute Gasteiger partial charge is 0.163 e. The third-order valence-electron chi connectivity index (χ3n) is 8.05. The van der Waals surface area contributed by atoms with Crippen LogP contribution in [0.15, 0.2) is 42.5 Å². The van der Waals surface area contributed by atoms with E-state index in [0.29, 0.717) is 26.1 Å². The Hall–Kier alpha value is -2.14. The van der Waals surface area contributed by atoms with Crippen molar-refractivity contribution in [2.45, 2.75) is 104 Å². The van der Waals surface area contributed by atoms with Crippen molar-refractivity contribution in [3.63, 3.8) is 0 Å². The molecule has 198 valence electrons. The van der Waals surface area contributed by atoms with Gasteiger partial charge in [0.15, 0.2) is 5.79 Å². The fourth-order valence-corrected chi connectivity index (χ4v) is 5.26. The molecule has 0 amide bonds. The van der Waals surface area contributed by atoms with Crippen LogP contribution in [0.5, 0.6) is 5.75 Å². The molecule has 2 aromatic carbocycles. The molecule has 4 heteroatoms. The molecular formula is C32H46O4. The molecule has 1 atom stereocenters. The Morgan fingerprint density at radius 1 is 0.944 bits per heavy atom. The summed E-state index contributed by atoms with van der Waals surface area (Å²) in [6, 6.07) is 13.4. The highest BCUT2D eigenvalue weighted by atomic mass is 16.7. The van der Waals surface area contributed by atoms with Crippen molar-refractivity contribution in [2.75, 3.05) is 13.2 Å². The van der Waals surface area contributed by atoms with Crippen molar-refractivity contribution in [2.24, 2.45) is 0 Å². The monoisotopic (exact) mass is 494 g/mol.